The van der Waals surface area contributed by atoms with Gasteiger partial charge in [-0.25, -0.2) is 4.98 Å². The second-order valence-corrected chi connectivity index (χ2v) is 7.54. The van der Waals surface area contributed by atoms with E-state index in [1.165, 1.54) is 10.9 Å². The first-order chi connectivity index (χ1) is 15.9. The van der Waals surface area contributed by atoms with E-state index in [-0.39, 0.29) is 30.1 Å². The number of hydrogen-bond donors (Lipinski definition) is 4. The standard InChI is InChI=1S/C21H23N5O7/c1-2-6-13(27)32-9-12-15(28)16(29)20(33-12)26-10-22-14-17(26)23-21(25-19(14)31)24-18(30)11-7-4-3-5-8-11/h3-5,7-8,10,12,15-16,20,28-29H,2,6,9H2,1H3,(H2,23,24,25,30,31)/t12-,15-,16-,20-/m1/s1. The van der Waals surface area contributed by atoms with Crippen molar-refractivity contribution in [3.63, 3.8) is 0 Å². The molecule has 4 N–H and O–H groups in total. The highest BCUT2D eigenvalue weighted by Crippen LogP contribution is 2.31. The van der Waals surface area contributed by atoms with Gasteiger partial charge in [-0.2, -0.15) is 4.98 Å². The van der Waals surface area contributed by atoms with E-state index in [4.69, 9.17) is 9.47 Å². The molecule has 3 heterocycles. The molecular formula is C21H23N5O7. The Bertz CT molecular complexity index is 1210. The molecule has 1 amide bonds. The first kappa shape index (κ1) is 22.6. The van der Waals surface area contributed by atoms with Crippen LogP contribution in [0.15, 0.2) is 41.5 Å². The molecule has 0 radical (unpaired) electrons. The molecule has 1 saturated heterocycles. The summed E-state index contributed by atoms with van der Waals surface area (Å²) >= 11 is 0. The van der Waals surface area contributed by atoms with Crippen molar-refractivity contribution in [3.8, 4) is 0 Å². The zero-order valence-electron chi connectivity index (χ0n) is 17.7. The SMILES string of the molecule is CCCC(=O)OC[C@H]1O[C@@H](n2cnc3c(=O)[nH]c(NC(=O)c4ccccc4)nc32)[C@H](O)[C@@H]1O. The number of anilines is 1. The third kappa shape index (κ3) is 4.62. The predicted molar refractivity (Wildman–Crippen MR) is 114 cm³/mol. The molecule has 2 aromatic heterocycles. The quantitative estimate of drug-likeness (QED) is 0.365. The summed E-state index contributed by atoms with van der Waals surface area (Å²) in [5.74, 6) is -1.04. The zero-order valence-corrected chi connectivity index (χ0v) is 17.7. The highest BCUT2D eigenvalue weighted by atomic mass is 16.6. The fraction of sp³-hybridized carbons (Fsp3) is 0.381. The third-order valence-electron chi connectivity index (χ3n) is 5.17. The Labute approximate surface area is 187 Å². The smallest absolute Gasteiger partial charge is 0.305 e. The van der Waals surface area contributed by atoms with Gasteiger partial charge in [0.25, 0.3) is 11.5 Å². The maximum absolute atomic E-state index is 12.5. The second-order valence-electron chi connectivity index (χ2n) is 7.54. The largest absolute Gasteiger partial charge is 0.463 e. The predicted octanol–water partition coefficient (Wildman–Crippen LogP) is 0.334. The number of aliphatic hydroxyl groups excluding tert-OH is 2. The molecule has 0 unspecified atom stereocenters. The van der Waals surface area contributed by atoms with Gasteiger partial charge in [0.05, 0.1) is 6.33 Å². The molecule has 12 heteroatoms. The number of aromatic amines is 1. The Morgan fingerprint density at radius 2 is 2.00 bits per heavy atom. The van der Waals surface area contributed by atoms with Gasteiger partial charge in [0.1, 0.15) is 24.9 Å². The highest BCUT2D eigenvalue weighted by molar-refractivity contribution is 6.03. The van der Waals surface area contributed by atoms with Gasteiger partial charge in [-0.3, -0.25) is 29.3 Å². The average molecular weight is 457 g/mol. The molecule has 4 rings (SSSR count). The van der Waals surface area contributed by atoms with Crippen LogP contribution < -0.4 is 10.9 Å². The van der Waals surface area contributed by atoms with E-state index in [1.54, 1.807) is 30.3 Å². The summed E-state index contributed by atoms with van der Waals surface area (Å²) in [5.41, 5.74) is -0.259. The van der Waals surface area contributed by atoms with Crippen molar-refractivity contribution in [2.75, 3.05) is 11.9 Å². The molecule has 3 aromatic rings. The van der Waals surface area contributed by atoms with Crippen LogP contribution >= 0.6 is 0 Å². The van der Waals surface area contributed by atoms with Crippen LogP contribution in [-0.2, 0) is 14.3 Å². The number of rotatable bonds is 7. The van der Waals surface area contributed by atoms with Crippen LogP contribution in [0.4, 0.5) is 5.95 Å². The number of H-pyrrole nitrogens is 1. The lowest BCUT2D eigenvalue weighted by atomic mass is 10.1. The fourth-order valence-electron chi connectivity index (χ4n) is 3.49. The number of nitrogens with one attached hydrogen (secondary N) is 2. The van der Waals surface area contributed by atoms with Crippen LogP contribution in [-0.4, -0.2) is 66.5 Å². The van der Waals surface area contributed by atoms with E-state index >= 15 is 0 Å². The number of carbonyl (C=O) groups excluding carboxylic acids is 2. The van der Waals surface area contributed by atoms with Crippen LogP contribution in [0.3, 0.4) is 0 Å². The number of ether oxygens (including phenoxy) is 2. The molecule has 4 atom stereocenters. The number of hydrogen-bond acceptors (Lipinski definition) is 9. The summed E-state index contributed by atoms with van der Waals surface area (Å²) in [6.45, 7) is 1.59. The summed E-state index contributed by atoms with van der Waals surface area (Å²) < 4.78 is 12.1. The van der Waals surface area contributed by atoms with Crippen molar-refractivity contribution in [3.05, 3.63) is 52.6 Å². The molecule has 0 saturated carbocycles. The number of benzene rings is 1. The Morgan fingerprint density at radius 1 is 1.24 bits per heavy atom. The van der Waals surface area contributed by atoms with Crippen molar-refractivity contribution in [2.45, 2.75) is 44.3 Å². The van der Waals surface area contributed by atoms with E-state index in [9.17, 15) is 24.6 Å². The van der Waals surface area contributed by atoms with Gasteiger partial charge in [0.15, 0.2) is 17.4 Å². The molecule has 0 bridgehead atoms. The normalized spacial score (nSPS) is 22.4. The Morgan fingerprint density at radius 3 is 2.73 bits per heavy atom. The minimum absolute atomic E-state index is 0.0296. The van der Waals surface area contributed by atoms with E-state index in [1.807, 2.05) is 6.92 Å². The van der Waals surface area contributed by atoms with E-state index in [2.05, 4.69) is 20.3 Å². The zero-order chi connectivity index (χ0) is 23.5. The summed E-state index contributed by atoms with van der Waals surface area (Å²) in [6, 6.07) is 8.37. The van der Waals surface area contributed by atoms with Gasteiger partial charge in [0, 0.05) is 12.0 Å². The Kier molecular flexibility index (Phi) is 6.49. The summed E-state index contributed by atoms with van der Waals surface area (Å²) in [4.78, 5) is 47.2. The second kappa shape index (κ2) is 9.48. The molecule has 1 aliphatic rings. The molecule has 0 aliphatic carbocycles. The van der Waals surface area contributed by atoms with Crippen molar-refractivity contribution < 1.29 is 29.3 Å². The molecular weight excluding hydrogens is 434 g/mol. The molecule has 1 aromatic carbocycles. The monoisotopic (exact) mass is 457 g/mol. The first-order valence-electron chi connectivity index (χ1n) is 10.4. The van der Waals surface area contributed by atoms with Crippen LogP contribution in [0.2, 0.25) is 0 Å². The van der Waals surface area contributed by atoms with E-state index in [0.717, 1.165) is 0 Å². The highest BCUT2D eigenvalue weighted by Gasteiger charge is 2.45. The molecule has 174 valence electrons. The lowest BCUT2D eigenvalue weighted by Gasteiger charge is -2.16. The number of aliphatic hydroxyl groups is 2. The van der Waals surface area contributed by atoms with E-state index < -0.39 is 42.0 Å². The number of amides is 1. The lowest BCUT2D eigenvalue weighted by Crippen LogP contribution is -2.34. The Balaban J connectivity index is 1.57. The van der Waals surface area contributed by atoms with Gasteiger partial charge in [0.2, 0.25) is 5.95 Å². The molecule has 33 heavy (non-hydrogen) atoms. The van der Waals surface area contributed by atoms with E-state index in [0.29, 0.717) is 12.0 Å². The summed E-state index contributed by atoms with van der Waals surface area (Å²) in [6.07, 6.45) is -2.80. The average Bonchev–Trinajstić information content (AvgIpc) is 3.34. The number of esters is 1. The van der Waals surface area contributed by atoms with Gasteiger partial charge >= 0.3 is 5.97 Å². The summed E-state index contributed by atoms with van der Waals surface area (Å²) in [7, 11) is 0. The number of imidazole rings is 1. The molecule has 0 spiro atoms. The Hall–Kier alpha value is -3.61. The van der Waals surface area contributed by atoms with Crippen molar-refractivity contribution in [1.82, 2.24) is 19.5 Å². The topological polar surface area (TPSA) is 169 Å². The number of nitrogens with zero attached hydrogens (tertiary/aromatic N) is 3. The molecule has 1 aliphatic heterocycles. The molecule has 12 nitrogen and oxygen atoms in total. The van der Waals surface area contributed by atoms with Crippen molar-refractivity contribution >= 4 is 29.0 Å². The van der Waals surface area contributed by atoms with Crippen LogP contribution in [0.1, 0.15) is 36.4 Å². The minimum Gasteiger partial charge on any atom is -0.463 e. The maximum atomic E-state index is 12.5. The van der Waals surface area contributed by atoms with Crippen LogP contribution in [0.25, 0.3) is 11.2 Å². The summed E-state index contributed by atoms with van der Waals surface area (Å²) in [5, 5.41) is 23.4. The number of fused-ring (bicyclic) bond motifs is 1. The van der Waals surface area contributed by atoms with Crippen LogP contribution in [0.5, 0.6) is 0 Å². The van der Waals surface area contributed by atoms with Gasteiger partial charge in [-0.15, -0.1) is 0 Å². The minimum atomic E-state index is -1.40. The fourth-order valence-corrected chi connectivity index (χ4v) is 3.49. The number of carbonyl (C=O) groups is 2. The van der Waals surface area contributed by atoms with Gasteiger partial charge < -0.3 is 19.7 Å². The van der Waals surface area contributed by atoms with Crippen molar-refractivity contribution in [2.24, 2.45) is 0 Å². The van der Waals surface area contributed by atoms with Gasteiger partial charge in [-0.1, -0.05) is 25.1 Å². The van der Waals surface area contributed by atoms with Crippen molar-refractivity contribution in [1.29, 1.82) is 0 Å². The lowest BCUT2D eigenvalue weighted by molar-refractivity contribution is -0.150. The maximum Gasteiger partial charge on any atom is 0.305 e. The first-order valence-corrected chi connectivity index (χ1v) is 10.4. The van der Waals surface area contributed by atoms with Crippen LogP contribution in [0, 0.1) is 0 Å². The van der Waals surface area contributed by atoms with Gasteiger partial charge in [-0.05, 0) is 18.6 Å². The number of aromatic nitrogens is 4. The third-order valence-corrected chi connectivity index (χ3v) is 5.17. The molecule has 1 fully saturated rings.